The van der Waals surface area contributed by atoms with Crippen LogP contribution in [-0.2, 0) is 17.9 Å². The Balaban J connectivity index is 1.63. The predicted molar refractivity (Wildman–Crippen MR) is 132 cm³/mol. The number of aromatic nitrogens is 2. The number of nitrogens with zero attached hydrogens (tertiary/aromatic N) is 3. The van der Waals surface area contributed by atoms with Crippen LogP contribution < -0.4 is 15.0 Å². The van der Waals surface area contributed by atoms with E-state index in [1.54, 1.807) is 14.2 Å². The fraction of sp³-hybridized carbons (Fsp3) is 0.240. The maximum Gasteiger partial charge on any atom is 0.266 e. The summed E-state index contributed by atoms with van der Waals surface area (Å²) in [5, 5.41) is 3.84. The molecule has 0 fully saturated rings. The summed E-state index contributed by atoms with van der Waals surface area (Å²) < 4.78 is 10.6. The molecule has 0 aliphatic rings. The molecule has 2 aromatic carbocycles. The standard InChI is InChI=1S/C25H26N4O3S/c1-16-21-24(32-4)27-20(15-31-3)28-25(21)33-22(16)23(30)26-18-12-8-9-13-19(18)29(2)14-17-10-6-5-7-11-17/h5-13H,14-15H2,1-4H3,(H,26,30). The molecule has 33 heavy (non-hydrogen) atoms. The average Bonchev–Trinajstić information content (AvgIpc) is 3.16. The fourth-order valence-electron chi connectivity index (χ4n) is 3.74. The molecule has 1 amide bonds. The molecular weight excluding hydrogens is 436 g/mol. The number of rotatable bonds is 8. The minimum atomic E-state index is -0.189. The van der Waals surface area contributed by atoms with Crippen LogP contribution in [0.2, 0.25) is 0 Å². The number of hydrogen-bond acceptors (Lipinski definition) is 7. The lowest BCUT2D eigenvalue weighted by Crippen LogP contribution is -2.20. The van der Waals surface area contributed by atoms with Gasteiger partial charge >= 0.3 is 0 Å². The molecule has 2 aromatic heterocycles. The number of fused-ring (bicyclic) bond motifs is 1. The molecular formula is C25H26N4O3S. The number of ether oxygens (including phenoxy) is 2. The number of methoxy groups -OCH3 is 2. The first-order valence-corrected chi connectivity index (χ1v) is 11.3. The molecule has 0 unspecified atom stereocenters. The van der Waals surface area contributed by atoms with Crippen molar-refractivity contribution in [1.29, 1.82) is 0 Å². The summed E-state index contributed by atoms with van der Waals surface area (Å²) in [6.07, 6.45) is 0. The molecule has 1 N–H and O–H groups in total. The van der Waals surface area contributed by atoms with Gasteiger partial charge in [0.15, 0.2) is 5.82 Å². The van der Waals surface area contributed by atoms with E-state index in [4.69, 9.17) is 9.47 Å². The number of aryl methyl sites for hydroxylation is 1. The number of carbonyl (C=O) groups is 1. The average molecular weight is 463 g/mol. The number of amides is 1. The number of carbonyl (C=O) groups excluding carboxylic acids is 1. The van der Waals surface area contributed by atoms with Gasteiger partial charge in [0, 0.05) is 20.7 Å². The third kappa shape index (κ3) is 4.81. The molecule has 0 bridgehead atoms. The van der Waals surface area contributed by atoms with Crippen molar-refractivity contribution in [3.8, 4) is 5.88 Å². The number of hydrogen-bond donors (Lipinski definition) is 1. The number of nitrogens with one attached hydrogen (secondary N) is 1. The van der Waals surface area contributed by atoms with Gasteiger partial charge in [0.1, 0.15) is 11.4 Å². The van der Waals surface area contributed by atoms with Crippen LogP contribution >= 0.6 is 11.3 Å². The predicted octanol–water partition coefficient (Wildman–Crippen LogP) is 5.04. The number of anilines is 2. The highest BCUT2D eigenvalue weighted by molar-refractivity contribution is 7.20. The Morgan fingerprint density at radius 1 is 1.06 bits per heavy atom. The van der Waals surface area contributed by atoms with Gasteiger partial charge in [-0.3, -0.25) is 4.79 Å². The van der Waals surface area contributed by atoms with E-state index in [1.807, 2.05) is 56.4 Å². The number of para-hydroxylation sites is 2. The van der Waals surface area contributed by atoms with Crippen molar-refractivity contribution in [3.05, 3.63) is 76.4 Å². The molecule has 2 heterocycles. The lowest BCUT2D eigenvalue weighted by molar-refractivity contribution is 0.103. The molecule has 4 rings (SSSR count). The highest BCUT2D eigenvalue weighted by Crippen LogP contribution is 2.36. The van der Waals surface area contributed by atoms with E-state index in [0.29, 0.717) is 21.4 Å². The summed E-state index contributed by atoms with van der Waals surface area (Å²) in [5.41, 5.74) is 3.67. The van der Waals surface area contributed by atoms with Crippen LogP contribution in [0.1, 0.15) is 26.6 Å². The van der Waals surface area contributed by atoms with Crippen LogP contribution in [0.25, 0.3) is 10.2 Å². The van der Waals surface area contributed by atoms with Gasteiger partial charge in [0.05, 0.1) is 28.7 Å². The Morgan fingerprint density at radius 2 is 1.79 bits per heavy atom. The number of thiophene rings is 1. The van der Waals surface area contributed by atoms with E-state index in [1.165, 1.54) is 16.9 Å². The summed E-state index contributed by atoms with van der Waals surface area (Å²) in [6, 6.07) is 18.0. The van der Waals surface area contributed by atoms with Gasteiger partial charge < -0.3 is 19.7 Å². The van der Waals surface area contributed by atoms with E-state index in [9.17, 15) is 4.79 Å². The van der Waals surface area contributed by atoms with Gasteiger partial charge in [-0.15, -0.1) is 11.3 Å². The summed E-state index contributed by atoms with van der Waals surface area (Å²) in [4.78, 5) is 25.7. The molecule has 0 saturated carbocycles. The van der Waals surface area contributed by atoms with E-state index < -0.39 is 0 Å². The second-order valence-corrected chi connectivity index (χ2v) is 8.63. The Hall–Kier alpha value is -3.49. The quantitative estimate of drug-likeness (QED) is 0.395. The van der Waals surface area contributed by atoms with Crippen molar-refractivity contribution >= 4 is 38.8 Å². The number of benzene rings is 2. The van der Waals surface area contributed by atoms with Gasteiger partial charge in [-0.25, -0.2) is 4.98 Å². The van der Waals surface area contributed by atoms with Crippen molar-refractivity contribution in [2.45, 2.75) is 20.1 Å². The van der Waals surface area contributed by atoms with Crippen LogP contribution in [0.5, 0.6) is 5.88 Å². The molecule has 170 valence electrons. The van der Waals surface area contributed by atoms with Gasteiger partial charge in [-0.2, -0.15) is 4.98 Å². The van der Waals surface area contributed by atoms with Crippen molar-refractivity contribution in [2.75, 3.05) is 31.5 Å². The SMILES string of the molecule is COCc1nc(OC)c2c(C)c(C(=O)Nc3ccccc3N(C)Cc3ccccc3)sc2n1. The van der Waals surface area contributed by atoms with Crippen molar-refractivity contribution in [2.24, 2.45) is 0 Å². The van der Waals surface area contributed by atoms with E-state index in [0.717, 1.165) is 28.9 Å². The van der Waals surface area contributed by atoms with E-state index in [-0.39, 0.29) is 12.5 Å². The lowest BCUT2D eigenvalue weighted by Gasteiger charge is -2.22. The van der Waals surface area contributed by atoms with Crippen LogP contribution in [0, 0.1) is 6.92 Å². The molecule has 7 nitrogen and oxygen atoms in total. The van der Waals surface area contributed by atoms with Gasteiger partial charge in [-0.1, -0.05) is 42.5 Å². The van der Waals surface area contributed by atoms with Crippen LogP contribution in [0.15, 0.2) is 54.6 Å². The zero-order valence-corrected chi connectivity index (χ0v) is 19.9. The zero-order chi connectivity index (χ0) is 23.4. The van der Waals surface area contributed by atoms with Crippen molar-refractivity contribution < 1.29 is 14.3 Å². The van der Waals surface area contributed by atoms with Gasteiger partial charge in [0.25, 0.3) is 5.91 Å². The molecule has 0 saturated heterocycles. The van der Waals surface area contributed by atoms with E-state index in [2.05, 4.69) is 32.3 Å². The first-order chi connectivity index (χ1) is 16.0. The molecule has 4 aromatic rings. The summed E-state index contributed by atoms with van der Waals surface area (Å²) in [7, 11) is 5.17. The smallest absolute Gasteiger partial charge is 0.266 e. The Kier molecular flexibility index (Phi) is 6.86. The molecule has 0 radical (unpaired) electrons. The third-order valence-electron chi connectivity index (χ3n) is 5.30. The minimum absolute atomic E-state index is 0.189. The van der Waals surface area contributed by atoms with Gasteiger partial charge in [-0.05, 0) is 30.2 Å². The Labute approximate surface area is 197 Å². The third-order valence-corrected chi connectivity index (χ3v) is 6.49. The first-order valence-electron chi connectivity index (χ1n) is 10.5. The highest BCUT2D eigenvalue weighted by atomic mass is 32.1. The van der Waals surface area contributed by atoms with Crippen LogP contribution in [0.3, 0.4) is 0 Å². The highest BCUT2D eigenvalue weighted by Gasteiger charge is 2.22. The first kappa shape index (κ1) is 22.7. The normalized spacial score (nSPS) is 10.9. The molecule has 8 heteroatoms. The second kappa shape index (κ2) is 9.97. The van der Waals surface area contributed by atoms with Crippen molar-refractivity contribution in [1.82, 2.24) is 9.97 Å². The van der Waals surface area contributed by atoms with Crippen molar-refractivity contribution in [3.63, 3.8) is 0 Å². The summed E-state index contributed by atoms with van der Waals surface area (Å²) in [5.74, 6) is 0.775. The monoisotopic (exact) mass is 462 g/mol. The summed E-state index contributed by atoms with van der Waals surface area (Å²) >= 11 is 1.33. The molecule has 0 aliphatic carbocycles. The fourth-order valence-corrected chi connectivity index (χ4v) is 4.82. The largest absolute Gasteiger partial charge is 0.480 e. The lowest BCUT2D eigenvalue weighted by atomic mass is 10.1. The van der Waals surface area contributed by atoms with Crippen LogP contribution in [-0.4, -0.2) is 37.1 Å². The molecule has 0 atom stereocenters. The van der Waals surface area contributed by atoms with Gasteiger partial charge in [0.2, 0.25) is 5.88 Å². The minimum Gasteiger partial charge on any atom is -0.480 e. The zero-order valence-electron chi connectivity index (χ0n) is 19.1. The second-order valence-electron chi connectivity index (χ2n) is 7.63. The molecule has 0 spiro atoms. The Morgan fingerprint density at radius 3 is 2.52 bits per heavy atom. The maximum absolute atomic E-state index is 13.3. The van der Waals surface area contributed by atoms with E-state index >= 15 is 0 Å². The topological polar surface area (TPSA) is 76.6 Å². The maximum atomic E-state index is 13.3. The molecule has 0 aliphatic heterocycles. The summed E-state index contributed by atoms with van der Waals surface area (Å²) in [6.45, 7) is 2.89. The van der Waals surface area contributed by atoms with Crippen LogP contribution in [0.4, 0.5) is 11.4 Å². The Bertz CT molecular complexity index is 1270.